The molecule has 0 aliphatic carbocycles. The van der Waals surface area contributed by atoms with Crippen LogP contribution in [0.1, 0.15) is 0 Å². The Morgan fingerprint density at radius 1 is 0.420 bits per heavy atom. The third kappa shape index (κ3) is 4.67. The molecule has 4 heteroatoms. The van der Waals surface area contributed by atoms with Gasteiger partial charge in [0.25, 0.3) is 0 Å². The van der Waals surface area contributed by atoms with E-state index in [1.807, 2.05) is 18.2 Å². The first-order valence-corrected chi connectivity index (χ1v) is 16.6. The Balaban J connectivity index is 0.00000336. The predicted octanol–water partition coefficient (Wildman–Crippen LogP) is 7.89. The average molecular weight is 632 g/mol. The van der Waals surface area contributed by atoms with Crippen molar-refractivity contribution >= 4 is 64.9 Å². The van der Waals surface area contributed by atoms with Gasteiger partial charge in [-0.3, -0.25) is 0 Å². The Bertz CT molecular complexity index is 2930. The van der Waals surface area contributed by atoms with Crippen LogP contribution in [0.3, 0.4) is 0 Å². The molecule has 3 nitrogen and oxygen atoms in total. The smallest absolute Gasteiger partial charge is 0.872 e. The summed E-state index contributed by atoms with van der Waals surface area (Å²) in [7, 11) is 0. The number of fused-ring (bicyclic) bond motifs is 10. The van der Waals surface area contributed by atoms with Gasteiger partial charge in [0.05, 0.1) is 5.69 Å². The summed E-state index contributed by atoms with van der Waals surface area (Å²) in [6.45, 7) is 0. The van der Waals surface area contributed by atoms with Crippen LogP contribution in [0.15, 0.2) is 164 Å². The molecule has 2 aromatic heterocycles. The van der Waals surface area contributed by atoms with E-state index in [4.69, 9.17) is 4.98 Å². The third-order valence-corrected chi connectivity index (χ3v) is 10.0. The fraction of sp³-hybridized carbons (Fsp3) is 0. The number of hydrogen-bond acceptors (Lipinski definition) is 2. The van der Waals surface area contributed by atoms with Crippen LogP contribution >= 0.6 is 0 Å². The zero-order valence-electron chi connectivity index (χ0n) is 27.4. The molecular formula is C46H28LiN2O+. The number of rotatable bonds is 3. The van der Waals surface area contributed by atoms with Crippen LogP contribution in [0.4, 0.5) is 0 Å². The van der Waals surface area contributed by atoms with E-state index in [9.17, 15) is 5.11 Å². The molecule has 0 amide bonds. The van der Waals surface area contributed by atoms with Crippen LogP contribution in [-0.4, -0.2) is 4.98 Å². The molecule has 0 aliphatic rings. The first-order chi connectivity index (χ1) is 24.2. The van der Waals surface area contributed by atoms with Crippen molar-refractivity contribution in [1.82, 2.24) is 4.98 Å². The maximum absolute atomic E-state index is 12.7. The largest absolute Gasteiger partial charge is 1.00 e. The van der Waals surface area contributed by atoms with Crippen molar-refractivity contribution in [2.75, 3.05) is 0 Å². The molecule has 10 aromatic rings. The minimum absolute atomic E-state index is 0. The van der Waals surface area contributed by atoms with Crippen LogP contribution in [0.25, 0.3) is 98.5 Å². The fourth-order valence-electron chi connectivity index (χ4n) is 7.67. The molecule has 2 heterocycles. The molecule has 0 atom stereocenters. The van der Waals surface area contributed by atoms with Gasteiger partial charge in [0.2, 0.25) is 11.2 Å². The van der Waals surface area contributed by atoms with Gasteiger partial charge in [-0.15, -0.1) is 0 Å². The fourth-order valence-corrected chi connectivity index (χ4v) is 7.67. The van der Waals surface area contributed by atoms with Crippen LogP contribution in [0.5, 0.6) is 5.75 Å². The van der Waals surface area contributed by atoms with Crippen molar-refractivity contribution in [2.24, 2.45) is 0 Å². The summed E-state index contributed by atoms with van der Waals surface area (Å²) in [6.07, 6.45) is 0. The molecule has 50 heavy (non-hydrogen) atoms. The van der Waals surface area contributed by atoms with Gasteiger partial charge in [0.1, 0.15) is 5.52 Å². The van der Waals surface area contributed by atoms with E-state index in [1.165, 1.54) is 48.8 Å². The van der Waals surface area contributed by atoms with Crippen LogP contribution in [0.2, 0.25) is 0 Å². The summed E-state index contributed by atoms with van der Waals surface area (Å²) < 4.78 is 0. The second kappa shape index (κ2) is 11.9. The van der Waals surface area contributed by atoms with Crippen molar-refractivity contribution in [1.29, 1.82) is 0 Å². The molecule has 0 spiro atoms. The van der Waals surface area contributed by atoms with E-state index < -0.39 is 0 Å². The van der Waals surface area contributed by atoms with Gasteiger partial charge in [-0.05, 0) is 84.5 Å². The van der Waals surface area contributed by atoms with Crippen molar-refractivity contribution < 1.29 is 29.0 Å². The maximum atomic E-state index is 12.7. The maximum Gasteiger partial charge on any atom is 1.00 e. The summed E-state index contributed by atoms with van der Waals surface area (Å²) in [4.78, 5) is 8.83. The monoisotopic (exact) mass is 631 g/mol. The number of aromatic amines is 1. The number of aromatic nitrogens is 2. The van der Waals surface area contributed by atoms with E-state index in [0.717, 1.165) is 44.1 Å². The number of para-hydroxylation sites is 1. The Labute approximate surface area is 300 Å². The quantitative estimate of drug-likeness (QED) is 0.147. The number of H-pyrrole nitrogens is 1. The Morgan fingerprint density at radius 3 is 1.68 bits per heavy atom. The topological polar surface area (TPSA) is 50.1 Å². The Hall–Kier alpha value is -5.98. The van der Waals surface area contributed by atoms with Crippen molar-refractivity contribution in [2.45, 2.75) is 0 Å². The van der Waals surface area contributed by atoms with Gasteiger partial charge >= 0.3 is 18.9 Å². The molecule has 0 bridgehead atoms. The molecule has 0 saturated carbocycles. The van der Waals surface area contributed by atoms with E-state index in [2.05, 4.69) is 138 Å². The van der Waals surface area contributed by atoms with Gasteiger partial charge in [-0.1, -0.05) is 133 Å². The molecule has 0 radical (unpaired) electrons. The zero-order valence-corrected chi connectivity index (χ0v) is 27.4. The van der Waals surface area contributed by atoms with Crippen LogP contribution < -0.4 is 29.0 Å². The number of nitrogens with zero attached hydrogens (tertiary/aromatic N) is 1. The summed E-state index contributed by atoms with van der Waals surface area (Å²) in [6, 6.07) is 57.1. The summed E-state index contributed by atoms with van der Waals surface area (Å²) in [5, 5.41) is 24.7. The second-order valence-electron chi connectivity index (χ2n) is 12.7. The van der Waals surface area contributed by atoms with Gasteiger partial charge < -0.3 is 5.11 Å². The summed E-state index contributed by atoms with van der Waals surface area (Å²) in [5.74, 6) is -0.00787. The first-order valence-electron chi connectivity index (χ1n) is 16.6. The molecule has 10 rings (SSSR count). The molecular weight excluding hydrogens is 603 g/mol. The number of pyridine rings is 2. The normalized spacial score (nSPS) is 11.5. The standard InChI is InChI=1S/C46H28N2O.Li/c49-44-16-8-7-15-40(44)43-26-21-29-18-17-28-20-25-42(47-45(28)46(29)48-43)39-24-23-31(32-9-1-5-13-36(32)39)30-19-22-38-35-12-3-2-10-33(35)34-11-4-6-14-37(34)41(38)27-30;/h1-27,49H;/q;+1. The van der Waals surface area contributed by atoms with Crippen LogP contribution in [-0.2, 0) is 0 Å². The molecule has 8 aromatic carbocycles. The molecule has 1 N–H and O–H groups in total. The van der Waals surface area contributed by atoms with Crippen molar-refractivity contribution in [3.63, 3.8) is 0 Å². The van der Waals surface area contributed by atoms with E-state index in [0.29, 0.717) is 5.56 Å². The summed E-state index contributed by atoms with van der Waals surface area (Å²) >= 11 is 0. The molecule has 0 fully saturated rings. The number of benzene rings is 8. The van der Waals surface area contributed by atoms with Gasteiger partial charge in [0, 0.05) is 28.0 Å². The molecule has 0 unspecified atom stereocenters. The number of hydrogen-bond donors (Lipinski definition) is 0. The van der Waals surface area contributed by atoms with Gasteiger partial charge in [-0.2, -0.15) is 0 Å². The minimum Gasteiger partial charge on any atom is -0.872 e. The second-order valence-corrected chi connectivity index (χ2v) is 12.7. The van der Waals surface area contributed by atoms with Crippen LogP contribution in [0, 0.1) is 0 Å². The van der Waals surface area contributed by atoms with Gasteiger partial charge in [-0.25, -0.2) is 9.97 Å². The zero-order chi connectivity index (χ0) is 32.5. The first kappa shape index (κ1) is 30.1. The predicted molar refractivity (Wildman–Crippen MR) is 202 cm³/mol. The van der Waals surface area contributed by atoms with E-state index in [-0.39, 0.29) is 24.6 Å². The minimum atomic E-state index is -0.00787. The molecule has 0 saturated heterocycles. The van der Waals surface area contributed by atoms with E-state index in [1.54, 1.807) is 12.1 Å². The Kier molecular flexibility index (Phi) is 7.14. The van der Waals surface area contributed by atoms with E-state index >= 15 is 0 Å². The SMILES string of the molecule is [Li+].[O-]c1ccccc1-c1ccc2ccc3ccc(-c4ccc(-c5ccc6c7ccccc7c7ccccc7c6c5)c5ccccc45)nc3c2[nH+]1. The molecule has 228 valence electrons. The Morgan fingerprint density at radius 2 is 0.960 bits per heavy atom. The number of nitrogens with one attached hydrogen (secondary N) is 1. The average Bonchev–Trinajstić information content (AvgIpc) is 3.17. The third-order valence-electron chi connectivity index (χ3n) is 10.0. The van der Waals surface area contributed by atoms with Crippen molar-refractivity contribution in [3.05, 3.63) is 164 Å². The van der Waals surface area contributed by atoms with Crippen molar-refractivity contribution in [3.8, 4) is 39.4 Å². The molecule has 0 aliphatic heterocycles. The summed E-state index contributed by atoms with van der Waals surface area (Å²) in [5.41, 5.74) is 7.59. The van der Waals surface area contributed by atoms with Gasteiger partial charge in [0.15, 0.2) is 0 Å².